The molecule has 1 atom stereocenters. The monoisotopic (exact) mass is 223 g/mol. The molecule has 2 rings (SSSR count). The lowest BCUT2D eigenvalue weighted by molar-refractivity contribution is 0.725. The van der Waals surface area contributed by atoms with E-state index in [2.05, 4.69) is 34.8 Å². The zero-order valence-electron chi connectivity index (χ0n) is 9.40. The van der Waals surface area contributed by atoms with E-state index in [1.165, 1.54) is 5.69 Å². The molecule has 15 heavy (non-hydrogen) atoms. The van der Waals surface area contributed by atoms with Crippen molar-refractivity contribution in [2.24, 2.45) is 5.73 Å². The fourth-order valence-corrected chi connectivity index (χ4v) is 2.74. The molecule has 0 saturated carbocycles. The van der Waals surface area contributed by atoms with Crippen LogP contribution in [0.25, 0.3) is 4.96 Å². The third kappa shape index (κ3) is 2.06. The highest BCUT2D eigenvalue weighted by molar-refractivity contribution is 7.15. The van der Waals surface area contributed by atoms with Crippen LogP contribution in [-0.4, -0.2) is 15.4 Å². The summed E-state index contributed by atoms with van der Waals surface area (Å²) in [6, 6.07) is 0.178. The Hall–Kier alpha value is -0.870. The standard InChI is InChI=1S/C11H17N3S/c1-7(2)10-6-15-11-13-9(4-8(3)12)5-14(10)11/h5-8H,4,12H2,1-3H3. The Kier molecular flexibility index (Phi) is 2.80. The summed E-state index contributed by atoms with van der Waals surface area (Å²) < 4.78 is 2.19. The van der Waals surface area contributed by atoms with Gasteiger partial charge in [-0.3, -0.25) is 4.40 Å². The summed E-state index contributed by atoms with van der Waals surface area (Å²) >= 11 is 1.70. The molecule has 2 aromatic heterocycles. The summed E-state index contributed by atoms with van der Waals surface area (Å²) in [5.41, 5.74) is 8.19. The van der Waals surface area contributed by atoms with E-state index in [-0.39, 0.29) is 6.04 Å². The van der Waals surface area contributed by atoms with Gasteiger partial charge in [0.15, 0.2) is 4.96 Å². The van der Waals surface area contributed by atoms with Crippen molar-refractivity contribution in [3.05, 3.63) is 23.0 Å². The minimum atomic E-state index is 0.178. The number of fused-ring (bicyclic) bond motifs is 1. The Morgan fingerprint density at radius 3 is 2.80 bits per heavy atom. The quantitative estimate of drug-likeness (QED) is 0.868. The molecule has 2 aromatic rings. The van der Waals surface area contributed by atoms with E-state index < -0.39 is 0 Å². The fraction of sp³-hybridized carbons (Fsp3) is 0.545. The van der Waals surface area contributed by atoms with Gasteiger partial charge in [0.05, 0.1) is 5.69 Å². The highest BCUT2D eigenvalue weighted by Crippen LogP contribution is 2.23. The molecule has 0 aliphatic rings. The van der Waals surface area contributed by atoms with Crippen LogP contribution in [-0.2, 0) is 6.42 Å². The maximum absolute atomic E-state index is 5.77. The normalized spacial score (nSPS) is 13.9. The first-order chi connectivity index (χ1) is 7.08. The van der Waals surface area contributed by atoms with Crippen LogP contribution in [0, 0.1) is 0 Å². The topological polar surface area (TPSA) is 43.3 Å². The molecule has 0 fully saturated rings. The minimum absolute atomic E-state index is 0.178. The van der Waals surface area contributed by atoms with E-state index in [9.17, 15) is 0 Å². The van der Waals surface area contributed by atoms with Crippen molar-refractivity contribution in [1.29, 1.82) is 0 Å². The van der Waals surface area contributed by atoms with Gasteiger partial charge in [-0.15, -0.1) is 11.3 Å². The molecule has 0 amide bonds. The van der Waals surface area contributed by atoms with Crippen LogP contribution >= 0.6 is 11.3 Å². The average molecular weight is 223 g/mol. The van der Waals surface area contributed by atoms with Crippen LogP contribution in [0.1, 0.15) is 38.1 Å². The lowest BCUT2D eigenvalue weighted by Gasteiger charge is -2.02. The van der Waals surface area contributed by atoms with Crippen molar-refractivity contribution >= 4 is 16.3 Å². The summed E-state index contributed by atoms with van der Waals surface area (Å²) in [4.78, 5) is 5.64. The summed E-state index contributed by atoms with van der Waals surface area (Å²) in [7, 11) is 0. The van der Waals surface area contributed by atoms with E-state index in [1.807, 2.05) is 6.92 Å². The number of aromatic nitrogens is 2. The van der Waals surface area contributed by atoms with Gasteiger partial charge in [-0.25, -0.2) is 4.98 Å². The predicted octanol–water partition coefficient (Wildman–Crippen LogP) is 2.41. The zero-order valence-corrected chi connectivity index (χ0v) is 10.2. The number of nitrogens with zero attached hydrogens (tertiary/aromatic N) is 2. The Morgan fingerprint density at radius 2 is 2.20 bits per heavy atom. The molecule has 0 aliphatic heterocycles. The second-order valence-corrected chi connectivity index (χ2v) is 5.22. The Balaban J connectivity index is 2.39. The largest absolute Gasteiger partial charge is 0.328 e. The maximum atomic E-state index is 5.77. The molecule has 0 saturated heterocycles. The SMILES string of the molecule is CC(N)Cc1cn2c(C(C)C)csc2n1. The summed E-state index contributed by atoms with van der Waals surface area (Å²) in [5.74, 6) is 0.538. The van der Waals surface area contributed by atoms with Crippen molar-refractivity contribution in [3.8, 4) is 0 Å². The Morgan fingerprint density at radius 1 is 1.47 bits per heavy atom. The van der Waals surface area contributed by atoms with Crippen molar-refractivity contribution in [2.75, 3.05) is 0 Å². The van der Waals surface area contributed by atoms with Gasteiger partial charge in [-0.05, 0) is 12.8 Å². The second kappa shape index (κ2) is 3.94. The van der Waals surface area contributed by atoms with E-state index in [0.717, 1.165) is 17.1 Å². The van der Waals surface area contributed by atoms with E-state index in [0.29, 0.717) is 5.92 Å². The van der Waals surface area contributed by atoms with E-state index in [1.54, 1.807) is 11.3 Å². The molecular weight excluding hydrogens is 206 g/mol. The first-order valence-corrected chi connectivity index (χ1v) is 6.17. The number of nitrogens with two attached hydrogens (primary N) is 1. The molecule has 3 nitrogen and oxygen atoms in total. The molecule has 0 aromatic carbocycles. The van der Waals surface area contributed by atoms with E-state index >= 15 is 0 Å². The van der Waals surface area contributed by atoms with Crippen molar-refractivity contribution in [3.63, 3.8) is 0 Å². The molecule has 0 radical (unpaired) electrons. The Bertz CT molecular complexity index is 453. The molecule has 1 unspecified atom stereocenters. The van der Waals surface area contributed by atoms with Gasteiger partial charge >= 0.3 is 0 Å². The highest BCUT2D eigenvalue weighted by Gasteiger charge is 2.11. The van der Waals surface area contributed by atoms with Gasteiger partial charge in [0.25, 0.3) is 0 Å². The molecule has 0 spiro atoms. The molecule has 0 aliphatic carbocycles. The van der Waals surface area contributed by atoms with Gasteiger partial charge in [-0.1, -0.05) is 13.8 Å². The van der Waals surface area contributed by atoms with Crippen molar-refractivity contribution < 1.29 is 0 Å². The first kappa shape index (κ1) is 10.6. The number of imidazole rings is 1. The number of hydrogen-bond acceptors (Lipinski definition) is 3. The molecule has 82 valence electrons. The van der Waals surface area contributed by atoms with Gasteiger partial charge in [0.2, 0.25) is 0 Å². The van der Waals surface area contributed by atoms with E-state index in [4.69, 9.17) is 5.73 Å². The number of rotatable bonds is 3. The minimum Gasteiger partial charge on any atom is -0.328 e. The summed E-state index contributed by atoms with van der Waals surface area (Å²) in [6.07, 6.45) is 2.97. The van der Waals surface area contributed by atoms with Crippen LogP contribution in [0.3, 0.4) is 0 Å². The van der Waals surface area contributed by atoms with Crippen LogP contribution in [0.15, 0.2) is 11.6 Å². The number of thiazole rings is 1. The summed E-state index contributed by atoms with van der Waals surface area (Å²) in [6.45, 7) is 6.41. The molecule has 4 heteroatoms. The van der Waals surface area contributed by atoms with Gasteiger partial charge in [0, 0.05) is 29.7 Å². The van der Waals surface area contributed by atoms with Gasteiger partial charge in [-0.2, -0.15) is 0 Å². The van der Waals surface area contributed by atoms with Crippen molar-refractivity contribution in [2.45, 2.75) is 39.2 Å². The number of hydrogen-bond donors (Lipinski definition) is 1. The van der Waals surface area contributed by atoms with Crippen LogP contribution in [0.5, 0.6) is 0 Å². The van der Waals surface area contributed by atoms with Crippen molar-refractivity contribution in [1.82, 2.24) is 9.38 Å². The van der Waals surface area contributed by atoms with Gasteiger partial charge in [0.1, 0.15) is 0 Å². The van der Waals surface area contributed by atoms with Crippen LogP contribution in [0.2, 0.25) is 0 Å². The average Bonchev–Trinajstić information content (AvgIpc) is 2.60. The fourth-order valence-electron chi connectivity index (χ4n) is 1.69. The Labute approximate surface area is 93.9 Å². The van der Waals surface area contributed by atoms with Gasteiger partial charge < -0.3 is 5.73 Å². The molecule has 2 N–H and O–H groups in total. The zero-order chi connectivity index (χ0) is 11.0. The molecule has 2 heterocycles. The predicted molar refractivity (Wildman–Crippen MR) is 64.5 cm³/mol. The second-order valence-electron chi connectivity index (χ2n) is 4.38. The first-order valence-electron chi connectivity index (χ1n) is 5.29. The summed E-state index contributed by atoms with van der Waals surface area (Å²) in [5, 5.41) is 2.18. The smallest absolute Gasteiger partial charge is 0.194 e. The lowest BCUT2D eigenvalue weighted by Crippen LogP contribution is -2.17. The van der Waals surface area contributed by atoms with Crippen LogP contribution < -0.4 is 5.73 Å². The molecule has 0 bridgehead atoms. The maximum Gasteiger partial charge on any atom is 0.194 e. The lowest BCUT2D eigenvalue weighted by atomic mass is 10.1. The third-order valence-electron chi connectivity index (χ3n) is 2.41. The highest BCUT2D eigenvalue weighted by atomic mass is 32.1. The third-order valence-corrected chi connectivity index (χ3v) is 3.27. The van der Waals surface area contributed by atoms with Crippen LogP contribution in [0.4, 0.5) is 0 Å². The molecular formula is C11H17N3S.